The fourth-order valence-electron chi connectivity index (χ4n) is 1.81. The molecular weight excluding hydrogens is 272 g/mol. The van der Waals surface area contributed by atoms with E-state index in [1.165, 1.54) is 16.7 Å². The molecule has 2 aromatic rings. The van der Waals surface area contributed by atoms with E-state index in [-0.39, 0.29) is 5.41 Å². The molecule has 0 amide bonds. The second-order valence-corrected chi connectivity index (χ2v) is 6.25. The Morgan fingerprint density at radius 2 is 1.47 bits per heavy atom. The first kappa shape index (κ1) is 12.4. The summed E-state index contributed by atoms with van der Waals surface area (Å²) in [6.45, 7) is 6.73. The van der Waals surface area contributed by atoms with Gasteiger partial charge in [0.1, 0.15) is 0 Å². The average Bonchev–Trinajstić information content (AvgIpc) is 2.29. The van der Waals surface area contributed by atoms with Gasteiger partial charge in [-0.25, -0.2) is 0 Å². The van der Waals surface area contributed by atoms with Crippen molar-refractivity contribution in [3.05, 3.63) is 58.6 Å². The highest BCUT2D eigenvalue weighted by Gasteiger charge is 2.13. The molecule has 0 spiro atoms. The highest BCUT2D eigenvalue weighted by Crippen LogP contribution is 2.28. The van der Waals surface area contributed by atoms with Crippen LogP contribution in [0.25, 0.3) is 11.1 Å². The number of halogens is 1. The molecule has 2 rings (SSSR count). The molecule has 88 valence electrons. The van der Waals surface area contributed by atoms with Gasteiger partial charge in [0.05, 0.1) is 0 Å². The summed E-state index contributed by atoms with van der Waals surface area (Å²) < 4.78 is 1.12. The molecule has 0 atom stereocenters. The van der Waals surface area contributed by atoms with Crippen molar-refractivity contribution in [1.29, 1.82) is 0 Å². The molecule has 0 saturated heterocycles. The lowest BCUT2D eigenvalue weighted by molar-refractivity contribution is 0.590. The minimum absolute atomic E-state index is 0.200. The molecule has 0 saturated carbocycles. The summed E-state index contributed by atoms with van der Waals surface area (Å²) >= 11 is 3.46. The van der Waals surface area contributed by atoms with E-state index in [4.69, 9.17) is 0 Å². The fraction of sp³-hybridized carbons (Fsp3) is 0.250. The van der Waals surface area contributed by atoms with Crippen LogP contribution in [-0.2, 0) is 5.41 Å². The van der Waals surface area contributed by atoms with Crippen molar-refractivity contribution in [2.24, 2.45) is 0 Å². The van der Waals surface area contributed by atoms with Crippen molar-refractivity contribution < 1.29 is 0 Å². The molecule has 0 bridgehead atoms. The van der Waals surface area contributed by atoms with E-state index in [1.54, 1.807) is 0 Å². The summed E-state index contributed by atoms with van der Waals surface area (Å²) in [5, 5.41) is 0. The van der Waals surface area contributed by atoms with E-state index in [1.807, 2.05) is 0 Å². The zero-order chi connectivity index (χ0) is 12.5. The molecule has 17 heavy (non-hydrogen) atoms. The Hall–Kier alpha value is -1.08. The Labute approximate surface area is 112 Å². The van der Waals surface area contributed by atoms with Gasteiger partial charge in [-0.2, -0.15) is 0 Å². The summed E-state index contributed by atoms with van der Waals surface area (Å²) in [4.78, 5) is 0. The van der Waals surface area contributed by atoms with E-state index in [0.717, 1.165) is 4.47 Å². The molecule has 1 heteroatoms. The van der Waals surface area contributed by atoms with E-state index >= 15 is 0 Å². The Morgan fingerprint density at radius 1 is 0.824 bits per heavy atom. The van der Waals surface area contributed by atoms with Gasteiger partial charge in [-0.1, -0.05) is 73.1 Å². The van der Waals surface area contributed by atoms with Gasteiger partial charge >= 0.3 is 0 Å². The SMILES string of the molecule is CC(C)(C)c1cccc(-c2ccc(Br)cc2)c1. The maximum absolute atomic E-state index is 3.46. The number of benzene rings is 2. The van der Waals surface area contributed by atoms with Crippen LogP contribution in [0.5, 0.6) is 0 Å². The minimum atomic E-state index is 0.200. The first-order chi connectivity index (χ1) is 7.97. The topological polar surface area (TPSA) is 0 Å². The summed E-state index contributed by atoms with van der Waals surface area (Å²) in [7, 11) is 0. The minimum Gasteiger partial charge on any atom is -0.0614 e. The second kappa shape index (κ2) is 4.66. The van der Waals surface area contributed by atoms with E-state index in [9.17, 15) is 0 Å². The van der Waals surface area contributed by atoms with Crippen LogP contribution in [0.1, 0.15) is 26.3 Å². The number of hydrogen-bond donors (Lipinski definition) is 0. The molecule has 0 aliphatic carbocycles. The molecular formula is C16H17Br. The lowest BCUT2D eigenvalue weighted by Gasteiger charge is -2.19. The molecule has 0 aliphatic rings. The van der Waals surface area contributed by atoms with Crippen LogP contribution < -0.4 is 0 Å². The van der Waals surface area contributed by atoms with Gasteiger partial charge < -0.3 is 0 Å². The maximum Gasteiger partial charge on any atom is 0.0175 e. The third-order valence-electron chi connectivity index (χ3n) is 2.91. The Kier molecular flexibility index (Phi) is 3.39. The predicted octanol–water partition coefficient (Wildman–Crippen LogP) is 5.41. The highest BCUT2D eigenvalue weighted by atomic mass is 79.9. The van der Waals surface area contributed by atoms with Gasteiger partial charge in [0.25, 0.3) is 0 Å². The third-order valence-corrected chi connectivity index (χ3v) is 3.43. The van der Waals surface area contributed by atoms with Crippen LogP contribution in [0.2, 0.25) is 0 Å². The quantitative estimate of drug-likeness (QED) is 0.658. The van der Waals surface area contributed by atoms with Crippen LogP contribution in [0, 0.1) is 0 Å². The highest BCUT2D eigenvalue weighted by molar-refractivity contribution is 9.10. The Bertz CT molecular complexity index is 504. The normalized spacial score (nSPS) is 11.5. The zero-order valence-corrected chi connectivity index (χ0v) is 12.1. The van der Waals surface area contributed by atoms with Crippen LogP contribution in [0.4, 0.5) is 0 Å². The average molecular weight is 289 g/mol. The molecule has 0 radical (unpaired) electrons. The van der Waals surface area contributed by atoms with Gasteiger partial charge in [-0.15, -0.1) is 0 Å². The van der Waals surface area contributed by atoms with Crippen LogP contribution in [-0.4, -0.2) is 0 Å². The molecule has 0 nitrogen and oxygen atoms in total. The van der Waals surface area contributed by atoms with Crippen LogP contribution in [0.15, 0.2) is 53.0 Å². The molecule has 0 heterocycles. The summed E-state index contributed by atoms with van der Waals surface area (Å²) in [5.74, 6) is 0. The van der Waals surface area contributed by atoms with Crippen LogP contribution >= 0.6 is 15.9 Å². The number of rotatable bonds is 1. The van der Waals surface area contributed by atoms with Crippen molar-refractivity contribution in [3.8, 4) is 11.1 Å². The summed E-state index contributed by atoms with van der Waals surface area (Å²) in [6, 6.07) is 17.2. The monoisotopic (exact) mass is 288 g/mol. The van der Waals surface area contributed by atoms with Gasteiger partial charge in [0, 0.05) is 4.47 Å². The Balaban J connectivity index is 2.43. The predicted molar refractivity (Wildman–Crippen MR) is 78.3 cm³/mol. The first-order valence-corrected chi connectivity index (χ1v) is 6.62. The lowest BCUT2D eigenvalue weighted by Crippen LogP contribution is -2.10. The first-order valence-electron chi connectivity index (χ1n) is 5.83. The molecule has 0 fully saturated rings. The van der Waals surface area contributed by atoms with Gasteiger partial charge in [-0.3, -0.25) is 0 Å². The standard InChI is InChI=1S/C16H17Br/c1-16(2,3)14-6-4-5-13(11-14)12-7-9-15(17)10-8-12/h4-11H,1-3H3. The number of hydrogen-bond acceptors (Lipinski definition) is 0. The maximum atomic E-state index is 3.46. The molecule has 0 unspecified atom stereocenters. The largest absolute Gasteiger partial charge is 0.0614 e. The summed E-state index contributed by atoms with van der Waals surface area (Å²) in [6.07, 6.45) is 0. The third kappa shape index (κ3) is 2.98. The van der Waals surface area contributed by atoms with E-state index in [2.05, 4.69) is 85.2 Å². The Morgan fingerprint density at radius 3 is 2.06 bits per heavy atom. The molecule has 2 aromatic carbocycles. The molecule has 0 N–H and O–H groups in total. The van der Waals surface area contributed by atoms with Gasteiger partial charge in [-0.05, 0) is 34.2 Å². The summed E-state index contributed by atoms with van der Waals surface area (Å²) in [5.41, 5.74) is 4.12. The van der Waals surface area contributed by atoms with Crippen molar-refractivity contribution in [2.45, 2.75) is 26.2 Å². The van der Waals surface area contributed by atoms with E-state index in [0.29, 0.717) is 0 Å². The van der Waals surface area contributed by atoms with Crippen molar-refractivity contribution in [1.82, 2.24) is 0 Å². The van der Waals surface area contributed by atoms with Crippen molar-refractivity contribution >= 4 is 15.9 Å². The van der Waals surface area contributed by atoms with Crippen molar-refractivity contribution in [3.63, 3.8) is 0 Å². The van der Waals surface area contributed by atoms with E-state index < -0.39 is 0 Å². The fourth-order valence-corrected chi connectivity index (χ4v) is 2.07. The van der Waals surface area contributed by atoms with Crippen LogP contribution in [0.3, 0.4) is 0 Å². The zero-order valence-electron chi connectivity index (χ0n) is 10.5. The van der Waals surface area contributed by atoms with Gasteiger partial charge in [0.15, 0.2) is 0 Å². The van der Waals surface area contributed by atoms with Crippen molar-refractivity contribution in [2.75, 3.05) is 0 Å². The smallest absolute Gasteiger partial charge is 0.0175 e. The van der Waals surface area contributed by atoms with Gasteiger partial charge in [0.2, 0.25) is 0 Å². The molecule has 0 aliphatic heterocycles. The lowest BCUT2D eigenvalue weighted by atomic mass is 9.85. The molecule has 0 aromatic heterocycles. The second-order valence-electron chi connectivity index (χ2n) is 5.34.